The molecule has 246 valence electrons. The van der Waals surface area contributed by atoms with Crippen molar-refractivity contribution in [2.45, 2.75) is 116 Å². The fourth-order valence-electron chi connectivity index (χ4n) is 6.19. The highest BCUT2D eigenvalue weighted by Gasteiger charge is 2.39. The molecule has 0 aliphatic carbocycles. The molecule has 3 aromatic rings. The zero-order valence-corrected chi connectivity index (χ0v) is 29.7. The Balaban J connectivity index is 1.54. The number of sulfone groups is 1. The second-order valence-corrected chi connectivity index (χ2v) is 15.6. The molecule has 2 atom stereocenters. The van der Waals surface area contributed by atoms with Gasteiger partial charge in [-0.1, -0.05) is 83.5 Å². The standard InChI is InChI=1S/C41H52O4S/c1-30(2)16-14-17-31(3)18-15-19-32(4)26-37(46(42,43)36-22-12-9-13-23-36)28-41(7)25-24-38-34(6)39(27-33(5)40(38)45-41)44-29-35-20-10-8-11-21-35/h8-13,16,18,20-23,26-27,37H,14-15,17,19,24-25,28-29H2,1-7H3/b31-18+,32-26+/t37?,41-/m1/s1. The topological polar surface area (TPSA) is 52.6 Å². The number of aryl methyl sites for hydroxylation is 1. The molecule has 3 aromatic carbocycles. The van der Waals surface area contributed by atoms with Gasteiger partial charge in [-0.2, -0.15) is 0 Å². The van der Waals surface area contributed by atoms with E-state index in [1.807, 2.05) is 30.3 Å². The van der Waals surface area contributed by atoms with E-state index in [4.69, 9.17) is 9.47 Å². The van der Waals surface area contributed by atoms with Crippen LogP contribution in [0, 0.1) is 13.8 Å². The van der Waals surface area contributed by atoms with Crippen LogP contribution in [-0.4, -0.2) is 19.3 Å². The van der Waals surface area contributed by atoms with Crippen molar-refractivity contribution in [3.63, 3.8) is 0 Å². The molecule has 1 aliphatic rings. The number of rotatable bonds is 14. The Bertz CT molecular complexity index is 1660. The molecule has 0 bridgehead atoms. The summed E-state index contributed by atoms with van der Waals surface area (Å²) < 4.78 is 41.3. The average Bonchev–Trinajstić information content (AvgIpc) is 3.02. The third-order valence-corrected chi connectivity index (χ3v) is 11.0. The van der Waals surface area contributed by atoms with Gasteiger partial charge < -0.3 is 9.47 Å². The highest BCUT2D eigenvalue weighted by molar-refractivity contribution is 7.92. The number of ether oxygens (including phenoxy) is 2. The van der Waals surface area contributed by atoms with Gasteiger partial charge in [-0.05, 0) is 122 Å². The molecule has 4 rings (SSSR count). The quantitative estimate of drug-likeness (QED) is 0.165. The van der Waals surface area contributed by atoms with Gasteiger partial charge in [0.25, 0.3) is 0 Å². The Morgan fingerprint density at radius 3 is 2.22 bits per heavy atom. The first-order valence-corrected chi connectivity index (χ1v) is 18.2. The van der Waals surface area contributed by atoms with Gasteiger partial charge >= 0.3 is 0 Å². The monoisotopic (exact) mass is 640 g/mol. The second kappa shape index (κ2) is 15.8. The molecule has 0 spiro atoms. The molecule has 1 unspecified atom stereocenters. The molecule has 1 aliphatic heterocycles. The van der Waals surface area contributed by atoms with Crippen LogP contribution < -0.4 is 9.47 Å². The minimum atomic E-state index is -3.63. The maximum atomic E-state index is 14.1. The lowest BCUT2D eigenvalue weighted by Crippen LogP contribution is -2.41. The number of hydrogen-bond acceptors (Lipinski definition) is 4. The highest BCUT2D eigenvalue weighted by atomic mass is 32.2. The predicted molar refractivity (Wildman–Crippen MR) is 191 cm³/mol. The Hall–Kier alpha value is -3.57. The van der Waals surface area contributed by atoms with Crippen molar-refractivity contribution < 1.29 is 17.9 Å². The van der Waals surface area contributed by atoms with E-state index in [2.05, 4.69) is 78.8 Å². The summed E-state index contributed by atoms with van der Waals surface area (Å²) in [5.74, 6) is 1.74. The van der Waals surface area contributed by atoms with E-state index >= 15 is 0 Å². The molecule has 5 heteroatoms. The molecule has 0 saturated carbocycles. The molecule has 46 heavy (non-hydrogen) atoms. The van der Waals surface area contributed by atoms with Crippen molar-refractivity contribution in [3.8, 4) is 11.5 Å². The van der Waals surface area contributed by atoms with Gasteiger partial charge in [-0.25, -0.2) is 8.42 Å². The first-order valence-electron chi connectivity index (χ1n) is 16.6. The lowest BCUT2D eigenvalue weighted by Gasteiger charge is -2.39. The van der Waals surface area contributed by atoms with Crippen LogP contribution >= 0.6 is 0 Å². The lowest BCUT2D eigenvalue weighted by atomic mass is 9.85. The Kier molecular flexibility index (Phi) is 12.1. The zero-order valence-electron chi connectivity index (χ0n) is 28.9. The molecule has 0 amide bonds. The molecule has 0 fully saturated rings. The van der Waals surface area contributed by atoms with Crippen molar-refractivity contribution >= 4 is 9.84 Å². The van der Waals surface area contributed by atoms with Crippen LogP contribution in [-0.2, 0) is 22.9 Å². The summed E-state index contributed by atoms with van der Waals surface area (Å²) >= 11 is 0. The maximum absolute atomic E-state index is 14.1. The third kappa shape index (κ3) is 9.48. The highest BCUT2D eigenvalue weighted by Crippen LogP contribution is 2.43. The fourth-order valence-corrected chi connectivity index (χ4v) is 8.06. The third-order valence-electron chi connectivity index (χ3n) is 8.99. The molecular weight excluding hydrogens is 589 g/mol. The van der Waals surface area contributed by atoms with E-state index in [9.17, 15) is 8.42 Å². The predicted octanol–water partition coefficient (Wildman–Crippen LogP) is 10.6. The summed E-state index contributed by atoms with van der Waals surface area (Å²) in [6.45, 7) is 15.2. The SMILES string of the molecule is CC(C)=CCC/C(C)=C/CC/C(C)=C/C(C[C@@]1(C)CCc2c(C)c(OCc3ccccc3)cc(C)c2O1)S(=O)(=O)c1ccccc1. The van der Waals surface area contributed by atoms with E-state index in [0.29, 0.717) is 17.9 Å². The largest absolute Gasteiger partial charge is 0.489 e. The van der Waals surface area contributed by atoms with Crippen molar-refractivity contribution in [3.05, 3.63) is 124 Å². The normalized spacial score (nSPS) is 17.5. The van der Waals surface area contributed by atoms with Crippen molar-refractivity contribution in [1.29, 1.82) is 0 Å². The summed E-state index contributed by atoms with van der Waals surface area (Å²) in [7, 11) is -3.63. The Morgan fingerprint density at radius 1 is 0.913 bits per heavy atom. The lowest BCUT2D eigenvalue weighted by molar-refractivity contribution is 0.0565. The second-order valence-electron chi connectivity index (χ2n) is 13.5. The van der Waals surface area contributed by atoms with Gasteiger partial charge in [0.05, 0.1) is 10.1 Å². The Labute approximate surface area is 278 Å². The van der Waals surface area contributed by atoms with E-state index in [0.717, 1.165) is 77.9 Å². The van der Waals surface area contributed by atoms with Crippen molar-refractivity contribution in [2.75, 3.05) is 0 Å². The fraction of sp³-hybridized carbons (Fsp3) is 0.415. The first kappa shape index (κ1) is 35.3. The van der Waals surface area contributed by atoms with Gasteiger partial charge in [0, 0.05) is 12.0 Å². The van der Waals surface area contributed by atoms with Crippen LogP contribution in [0.1, 0.15) is 95.4 Å². The van der Waals surface area contributed by atoms with Crippen molar-refractivity contribution in [1.82, 2.24) is 0 Å². The summed E-state index contributed by atoms with van der Waals surface area (Å²) in [4.78, 5) is 0.353. The minimum Gasteiger partial charge on any atom is -0.489 e. The van der Waals surface area contributed by atoms with E-state index in [1.165, 1.54) is 11.1 Å². The number of fused-ring (bicyclic) bond motifs is 1. The first-order chi connectivity index (χ1) is 21.9. The molecular formula is C41H52O4S. The van der Waals surface area contributed by atoms with Crippen LogP contribution in [0.2, 0.25) is 0 Å². The van der Waals surface area contributed by atoms with Crippen LogP contribution in [0.15, 0.2) is 107 Å². The molecule has 0 radical (unpaired) electrons. The van der Waals surface area contributed by atoms with Crippen molar-refractivity contribution in [2.24, 2.45) is 0 Å². The van der Waals surface area contributed by atoms with E-state index < -0.39 is 20.7 Å². The van der Waals surface area contributed by atoms with Crippen LogP contribution in [0.3, 0.4) is 0 Å². The minimum absolute atomic E-state index is 0.353. The zero-order chi connectivity index (χ0) is 33.3. The van der Waals surface area contributed by atoms with Crippen LogP contribution in [0.25, 0.3) is 0 Å². The van der Waals surface area contributed by atoms with Crippen LogP contribution in [0.5, 0.6) is 11.5 Å². The molecule has 4 nitrogen and oxygen atoms in total. The number of hydrogen-bond donors (Lipinski definition) is 0. The summed E-state index contributed by atoms with van der Waals surface area (Å²) in [6, 6.07) is 21.1. The maximum Gasteiger partial charge on any atom is 0.184 e. The van der Waals surface area contributed by atoms with Gasteiger partial charge in [0.1, 0.15) is 23.7 Å². The smallest absolute Gasteiger partial charge is 0.184 e. The van der Waals surface area contributed by atoms with Gasteiger partial charge in [0.2, 0.25) is 0 Å². The summed E-state index contributed by atoms with van der Waals surface area (Å²) in [5, 5.41) is -0.695. The molecule has 1 heterocycles. The van der Waals surface area contributed by atoms with Gasteiger partial charge in [0.15, 0.2) is 9.84 Å². The van der Waals surface area contributed by atoms with E-state index in [1.54, 1.807) is 24.3 Å². The Morgan fingerprint density at radius 2 is 1.54 bits per heavy atom. The van der Waals surface area contributed by atoms with Crippen LogP contribution in [0.4, 0.5) is 0 Å². The summed E-state index contributed by atoms with van der Waals surface area (Å²) in [6.07, 6.45) is 12.3. The molecule has 0 N–H and O–H groups in total. The molecule has 0 aromatic heterocycles. The van der Waals surface area contributed by atoms with E-state index in [-0.39, 0.29) is 0 Å². The number of allylic oxidation sites excluding steroid dienone is 5. The average molecular weight is 641 g/mol. The number of benzene rings is 3. The van der Waals surface area contributed by atoms with Gasteiger partial charge in [-0.3, -0.25) is 0 Å². The van der Waals surface area contributed by atoms with Gasteiger partial charge in [-0.15, -0.1) is 0 Å². The molecule has 0 saturated heterocycles. The summed E-state index contributed by atoms with van der Waals surface area (Å²) in [5.41, 5.74) is 7.55.